The molecule has 5 heteroatoms. The van der Waals surface area contributed by atoms with Gasteiger partial charge in [-0.1, -0.05) is 24.9 Å². The summed E-state index contributed by atoms with van der Waals surface area (Å²) in [5.74, 6) is 0.594. The summed E-state index contributed by atoms with van der Waals surface area (Å²) in [5.41, 5.74) is 2.74. The van der Waals surface area contributed by atoms with Gasteiger partial charge in [-0.15, -0.1) is 10.2 Å². The maximum Gasteiger partial charge on any atom is 0.168 e. The van der Waals surface area contributed by atoms with Crippen LogP contribution in [-0.2, 0) is 0 Å². The highest BCUT2D eigenvalue weighted by Crippen LogP contribution is 2.05. The third-order valence-electron chi connectivity index (χ3n) is 1.32. The van der Waals surface area contributed by atoms with Crippen molar-refractivity contribution in [2.45, 2.75) is 19.8 Å². The summed E-state index contributed by atoms with van der Waals surface area (Å²) >= 11 is 5.56. The SMILES string of the molecule is CCCC=NNc1ccc(Cl)nn1. The van der Waals surface area contributed by atoms with Crippen LogP contribution in [0.4, 0.5) is 5.82 Å². The van der Waals surface area contributed by atoms with Crippen molar-refractivity contribution in [1.29, 1.82) is 0 Å². The fourth-order valence-corrected chi connectivity index (χ4v) is 0.782. The smallest absolute Gasteiger partial charge is 0.168 e. The van der Waals surface area contributed by atoms with Gasteiger partial charge in [-0.2, -0.15) is 5.10 Å². The van der Waals surface area contributed by atoms with Crippen molar-refractivity contribution in [2.75, 3.05) is 5.43 Å². The molecule has 70 valence electrons. The zero-order valence-corrected chi connectivity index (χ0v) is 8.12. The van der Waals surface area contributed by atoms with Crippen LogP contribution in [0.25, 0.3) is 0 Å². The first-order valence-electron chi connectivity index (χ1n) is 4.09. The van der Waals surface area contributed by atoms with Gasteiger partial charge >= 0.3 is 0 Å². The molecular weight excluding hydrogens is 188 g/mol. The second-order valence-electron chi connectivity index (χ2n) is 2.45. The lowest BCUT2D eigenvalue weighted by molar-refractivity contribution is 0.995. The minimum atomic E-state index is 0.378. The molecule has 1 aromatic heterocycles. The minimum Gasteiger partial charge on any atom is -0.260 e. The van der Waals surface area contributed by atoms with Gasteiger partial charge in [-0.25, -0.2) is 0 Å². The average Bonchev–Trinajstić information content (AvgIpc) is 2.15. The molecule has 0 fully saturated rings. The molecule has 1 N–H and O–H groups in total. The number of rotatable bonds is 4. The molecule has 0 aliphatic rings. The number of nitrogens with zero attached hydrogens (tertiary/aromatic N) is 3. The average molecular weight is 199 g/mol. The van der Waals surface area contributed by atoms with Gasteiger partial charge in [0.15, 0.2) is 11.0 Å². The Morgan fingerprint density at radius 3 is 3.00 bits per heavy atom. The predicted octanol–water partition coefficient (Wildman–Crippen LogP) is 2.33. The van der Waals surface area contributed by atoms with Crippen molar-refractivity contribution >= 4 is 23.6 Å². The lowest BCUT2D eigenvalue weighted by Crippen LogP contribution is -1.94. The van der Waals surface area contributed by atoms with E-state index < -0.39 is 0 Å². The van der Waals surface area contributed by atoms with Crippen LogP contribution < -0.4 is 5.43 Å². The minimum absolute atomic E-state index is 0.378. The molecule has 1 heterocycles. The lowest BCUT2D eigenvalue weighted by Gasteiger charge is -1.96. The molecule has 0 saturated carbocycles. The molecule has 0 amide bonds. The Hall–Kier alpha value is -1.16. The van der Waals surface area contributed by atoms with Gasteiger partial charge in [-0.3, -0.25) is 5.43 Å². The van der Waals surface area contributed by atoms with Crippen LogP contribution in [0.15, 0.2) is 17.2 Å². The van der Waals surface area contributed by atoms with Crippen molar-refractivity contribution in [1.82, 2.24) is 10.2 Å². The first-order valence-corrected chi connectivity index (χ1v) is 4.47. The lowest BCUT2D eigenvalue weighted by atomic mass is 10.4. The summed E-state index contributed by atoms with van der Waals surface area (Å²) in [4.78, 5) is 0. The van der Waals surface area contributed by atoms with Gasteiger partial charge in [0.05, 0.1) is 0 Å². The van der Waals surface area contributed by atoms with E-state index in [4.69, 9.17) is 11.6 Å². The molecule has 0 atom stereocenters. The number of hydrogen-bond acceptors (Lipinski definition) is 4. The van der Waals surface area contributed by atoms with Crippen molar-refractivity contribution in [3.63, 3.8) is 0 Å². The molecular formula is C8H11ClN4. The van der Waals surface area contributed by atoms with E-state index in [-0.39, 0.29) is 0 Å². The molecule has 0 bridgehead atoms. The second kappa shape index (κ2) is 5.48. The molecule has 0 unspecified atom stereocenters. The summed E-state index contributed by atoms with van der Waals surface area (Å²) in [5, 5.41) is 11.7. The van der Waals surface area contributed by atoms with Gasteiger partial charge in [0, 0.05) is 6.21 Å². The van der Waals surface area contributed by atoms with Gasteiger partial charge in [-0.05, 0) is 18.6 Å². The number of unbranched alkanes of at least 4 members (excludes halogenated alkanes) is 1. The van der Waals surface area contributed by atoms with Crippen molar-refractivity contribution in [2.24, 2.45) is 5.10 Å². The first-order chi connectivity index (χ1) is 6.33. The van der Waals surface area contributed by atoms with Crippen LogP contribution in [0, 0.1) is 0 Å². The number of nitrogens with one attached hydrogen (secondary N) is 1. The number of anilines is 1. The van der Waals surface area contributed by atoms with E-state index in [1.165, 1.54) is 0 Å². The Morgan fingerprint density at radius 2 is 2.38 bits per heavy atom. The third kappa shape index (κ3) is 3.85. The normalized spacial score (nSPS) is 10.6. The molecule has 1 aromatic rings. The Kier molecular flexibility index (Phi) is 4.18. The molecule has 0 spiro atoms. The Bertz CT molecular complexity index is 270. The standard InChI is InChI=1S/C8H11ClN4/c1-2-3-6-10-12-8-5-4-7(9)11-13-8/h4-6H,2-3H2,1H3,(H,12,13). The Labute approximate surface area is 82.0 Å². The van der Waals surface area contributed by atoms with E-state index in [0.717, 1.165) is 12.8 Å². The highest BCUT2D eigenvalue weighted by Gasteiger charge is 1.91. The molecule has 0 aliphatic carbocycles. The topological polar surface area (TPSA) is 50.2 Å². The summed E-state index contributed by atoms with van der Waals surface area (Å²) in [7, 11) is 0. The molecule has 0 radical (unpaired) electrons. The summed E-state index contributed by atoms with van der Waals surface area (Å²) in [6.45, 7) is 2.09. The van der Waals surface area contributed by atoms with Crippen LogP contribution in [0.3, 0.4) is 0 Å². The van der Waals surface area contributed by atoms with Crippen molar-refractivity contribution in [3.8, 4) is 0 Å². The monoisotopic (exact) mass is 198 g/mol. The van der Waals surface area contributed by atoms with E-state index in [2.05, 4.69) is 27.6 Å². The van der Waals surface area contributed by atoms with E-state index >= 15 is 0 Å². The van der Waals surface area contributed by atoms with Crippen molar-refractivity contribution in [3.05, 3.63) is 17.3 Å². The van der Waals surface area contributed by atoms with Gasteiger partial charge in [0.1, 0.15) is 0 Å². The van der Waals surface area contributed by atoms with Crippen LogP contribution in [0.2, 0.25) is 5.15 Å². The fraction of sp³-hybridized carbons (Fsp3) is 0.375. The largest absolute Gasteiger partial charge is 0.260 e. The van der Waals surface area contributed by atoms with E-state index in [1.807, 2.05) is 0 Å². The number of halogens is 1. The summed E-state index contributed by atoms with van der Waals surface area (Å²) < 4.78 is 0. The van der Waals surface area contributed by atoms with E-state index in [1.54, 1.807) is 18.3 Å². The van der Waals surface area contributed by atoms with Crippen molar-refractivity contribution < 1.29 is 0 Å². The van der Waals surface area contributed by atoms with Gasteiger partial charge in [0.25, 0.3) is 0 Å². The Morgan fingerprint density at radius 1 is 1.54 bits per heavy atom. The van der Waals surface area contributed by atoms with E-state index in [0.29, 0.717) is 11.0 Å². The summed E-state index contributed by atoms with van der Waals surface area (Å²) in [6.07, 6.45) is 3.84. The number of aromatic nitrogens is 2. The van der Waals surface area contributed by atoms with E-state index in [9.17, 15) is 0 Å². The third-order valence-corrected chi connectivity index (χ3v) is 1.52. The van der Waals surface area contributed by atoms with Crippen LogP contribution in [-0.4, -0.2) is 16.4 Å². The maximum absolute atomic E-state index is 5.56. The highest BCUT2D eigenvalue weighted by molar-refractivity contribution is 6.29. The fourth-order valence-electron chi connectivity index (χ4n) is 0.681. The highest BCUT2D eigenvalue weighted by atomic mass is 35.5. The maximum atomic E-state index is 5.56. The quantitative estimate of drug-likeness (QED) is 0.597. The molecule has 0 aromatic carbocycles. The van der Waals surface area contributed by atoms with Crippen LogP contribution in [0.1, 0.15) is 19.8 Å². The first kappa shape index (κ1) is 9.92. The Balaban J connectivity index is 2.41. The van der Waals surface area contributed by atoms with Gasteiger partial charge < -0.3 is 0 Å². The van der Waals surface area contributed by atoms with Crippen LogP contribution in [0.5, 0.6) is 0 Å². The second-order valence-corrected chi connectivity index (χ2v) is 2.84. The molecule has 1 rings (SSSR count). The number of hydrazone groups is 1. The van der Waals surface area contributed by atoms with Crippen LogP contribution >= 0.6 is 11.6 Å². The molecule has 0 saturated heterocycles. The number of hydrogen-bond donors (Lipinski definition) is 1. The predicted molar refractivity (Wildman–Crippen MR) is 54.1 cm³/mol. The summed E-state index contributed by atoms with van der Waals surface area (Å²) in [6, 6.07) is 3.38. The molecule has 13 heavy (non-hydrogen) atoms. The van der Waals surface area contributed by atoms with Gasteiger partial charge in [0.2, 0.25) is 0 Å². The zero-order valence-electron chi connectivity index (χ0n) is 7.37. The zero-order chi connectivity index (χ0) is 9.52. The molecule has 4 nitrogen and oxygen atoms in total. The molecule has 0 aliphatic heterocycles.